The maximum Gasteiger partial charge on any atom is 0.336 e. The van der Waals surface area contributed by atoms with E-state index in [0.29, 0.717) is 65.9 Å². The van der Waals surface area contributed by atoms with Gasteiger partial charge < -0.3 is 52.5 Å². The van der Waals surface area contributed by atoms with Gasteiger partial charge in [0.2, 0.25) is 0 Å². The van der Waals surface area contributed by atoms with E-state index in [1.54, 1.807) is 163 Å². The third-order valence-electron chi connectivity index (χ3n) is 22.3. The van der Waals surface area contributed by atoms with Gasteiger partial charge in [0.25, 0.3) is 0 Å². The normalized spacial score (nSPS) is 12.0. The van der Waals surface area contributed by atoms with Crippen LogP contribution in [-0.4, -0.2) is 84.6 Å². The Morgan fingerprint density at radius 3 is 0.667 bits per heavy atom. The first kappa shape index (κ1) is 122. The van der Waals surface area contributed by atoms with Crippen LogP contribution in [0.15, 0.2) is 315 Å². The van der Waals surface area contributed by atoms with Crippen LogP contribution in [0.5, 0.6) is 46.0 Å². The summed E-state index contributed by atoms with van der Waals surface area (Å²) in [6.07, 6.45) is 14.3. The molecule has 0 bridgehead atoms. The van der Waals surface area contributed by atoms with E-state index in [0.717, 1.165) is 55.6 Å². The van der Waals surface area contributed by atoms with Crippen molar-refractivity contribution in [2.75, 3.05) is 13.7 Å². The molecule has 11 rings (SSSR count). The van der Waals surface area contributed by atoms with Gasteiger partial charge in [-0.3, -0.25) is 28.8 Å². The predicted molar refractivity (Wildman–Crippen MR) is 566 cm³/mol. The largest absolute Gasteiger partial charge is 0.469 e. The van der Waals surface area contributed by atoms with Crippen LogP contribution in [0, 0.1) is 32.5 Å². The minimum Gasteiger partial charge on any atom is -0.469 e. The lowest BCUT2D eigenvalue weighted by molar-refractivity contribution is -0.162. The lowest BCUT2D eigenvalue weighted by Gasteiger charge is -2.33. The number of aliphatic hydroxyl groups is 1. The fourth-order valence-corrected chi connectivity index (χ4v) is 13.0. The smallest absolute Gasteiger partial charge is 0.336 e. The van der Waals surface area contributed by atoms with Gasteiger partial charge in [0.15, 0.2) is 0 Å². The number of hydrogen-bond donors (Lipinski definition) is 1. The van der Waals surface area contributed by atoms with Crippen molar-refractivity contribution in [3.8, 4) is 79.4 Å². The van der Waals surface area contributed by atoms with Crippen LogP contribution in [0.1, 0.15) is 209 Å². The molecule has 21 heteroatoms. The highest BCUT2D eigenvalue weighted by Gasteiger charge is 2.45. The molecule has 0 radical (unpaired) electrons. The van der Waals surface area contributed by atoms with Crippen LogP contribution >= 0.6 is 0 Å². The van der Waals surface area contributed by atoms with Crippen molar-refractivity contribution in [1.82, 2.24) is 0 Å². The summed E-state index contributed by atoms with van der Waals surface area (Å²) in [6.45, 7) is 26.8. The fraction of sp³-hybridized carbons (Fsp3) is 0.300. The van der Waals surface area contributed by atoms with Gasteiger partial charge in [-0.05, 0) is 292 Å². The van der Waals surface area contributed by atoms with Gasteiger partial charge in [0.1, 0.15) is 52.6 Å². The van der Waals surface area contributed by atoms with E-state index in [2.05, 4.69) is 12.1 Å². The summed E-state index contributed by atoms with van der Waals surface area (Å²) >= 11 is 0. The Labute approximate surface area is 836 Å². The van der Waals surface area contributed by atoms with Gasteiger partial charge in [0, 0.05) is 24.3 Å². The number of carbonyl (C=O) groups excluding carboxylic acids is 10. The van der Waals surface area contributed by atoms with Gasteiger partial charge in [-0.1, -0.05) is 266 Å². The molecule has 0 heterocycles. The summed E-state index contributed by atoms with van der Waals surface area (Å²) in [5, 5.41) is 9.43. The van der Waals surface area contributed by atoms with Gasteiger partial charge in [0.05, 0.1) is 45.7 Å². The van der Waals surface area contributed by atoms with E-state index in [4.69, 9.17) is 47.4 Å². The second kappa shape index (κ2) is 58.7. The quantitative estimate of drug-likeness (QED) is 0.0219. The van der Waals surface area contributed by atoms with Crippen molar-refractivity contribution in [3.63, 3.8) is 0 Å². The van der Waals surface area contributed by atoms with Crippen LogP contribution in [-0.2, 0) is 57.4 Å². The minimum atomic E-state index is -0.996. The Bertz CT molecular complexity index is 5840. The Balaban J connectivity index is 0.000000635. The number of ether oxygens (including phenoxy) is 10. The molecular formula is C120H144O21. The average molecular weight is 1920 g/mol. The third kappa shape index (κ3) is 39.8. The Kier molecular flexibility index (Phi) is 50.8. The van der Waals surface area contributed by atoms with E-state index < -0.39 is 80.4 Å². The Hall–Kier alpha value is -15.0. The highest BCUT2D eigenvalue weighted by atomic mass is 16.6. The molecule has 0 amide bonds. The molecule has 3 unspecified atom stereocenters. The topological polar surface area (TPSA) is 283 Å². The summed E-state index contributed by atoms with van der Waals surface area (Å²) in [6, 6.07) is 88.5. The number of rotatable bonds is 35. The number of hydrogen-bond acceptors (Lipinski definition) is 21. The number of esters is 10. The second-order valence-electron chi connectivity index (χ2n) is 35.2. The number of carbonyl (C=O) groups is 10. The first-order valence-electron chi connectivity index (χ1n) is 44.6. The van der Waals surface area contributed by atoms with Crippen LogP contribution in [0.4, 0.5) is 0 Å². The van der Waals surface area contributed by atoms with Crippen molar-refractivity contribution < 1.29 is 100 Å². The molecule has 21 nitrogen and oxygen atoms in total. The van der Waals surface area contributed by atoms with Crippen molar-refractivity contribution in [1.29, 1.82) is 0 Å². The highest BCUT2D eigenvalue weighted by molar-refractivity contribution is 5.92. The zero-order valence-corrected chi connectivity index (χ0v) is 79.5. The summed E-state index contributed by atoms with van der Waals surface area (Å²) < 4.78 is 53.2. The standard InChI is InChI=1S/C34H38O7.C32H34O6.C27H26O4.C21H22O4.6CH4/c1-6-34(5,32(38)39-22-24(2)35)23-33(3,4)31(37)41-29-19-17-28(18-20-29)40-30(36)21-14-25-12-15-27(16-13-25)26-10-8-7-9-11-26;1-6-32(4,30(35)36-5)22-31(2,3)29(34)38-27-19-17-26(18-20-27)37-28(33)21-14-23-12-15-25(16-13-23)24-10-8-7-9-11-24;1-4-27(2,3)26(29)31-24-17-15-23(16-18-24)30-25(28)19-12-20-10-13-22(14-11-20)21-8-6-5-7-9-21;1-4-21(2,3)20(23)25-18-13-11-17(12-14-18)24-19(22)15-10-16-8-6-5-7-9-16;;;;;;/h7-21,24,35H,6,22-23H2,1-5H3;7-21H,6,22H2,1-5H3;5-19H,4H2,1-3H3;5-15H,4H2,1-3H3;6*1H4/b2*21-14+;19-12+;15-10+;;;;;;. The maximum atomic E-state index is 13.0. The molecule has 0 aliphatic rings. The predicted octanol–water partition coefficient (Wildman–Crippen LogP) is 28.3. The molecule has 0 aliphatic heterocycles. The third-order valence-corrected chi connectivity index (χ3v) is 22.3. The number of aliphatic hydroxyl groups excluding tert-OH is 1. The molecule has 0 fully saturated rings. The summed E-state index contributed by atoms with van der Waals surface area (Å²) in [7, 11) is 1.34. The van der Waals surface area contributed by atoms with Crippen molar-refractivity contribution in [2.24, 2.45) is 32.5 Å². The molecule has 1 N–H and O–H groups in total. The Morgan fingerprint density at radius 2 is 0.454 bits per heavy atom. The van der Waals surface area contributed by atoms with Gasteiger partial charge in [-0.15, -0.1) is 0 Å². The first-order chi connectivity index (χ1) is 64.2. The number of methoxy groups -OCH3 is 1. The maximum absolute atomic E-state index is 13.0. The average Bonchev–Trinajstić information content (AvgIpc) is 0.811. The fourth-order valence-electron chi connectivity index (χ4n) is 13.0. The number of benzene rings is 11. The molecule has 3 atom stereocenters. The van der Waals surface area contributed by atoms with Crippen LogP contribution in [0.3, 0.4) is 0 Å². The van der Waals surface area contributed by atoms with Crippen molar-refractivity contribution >= 4 is 84.0 Å². The van der Waals surface area contributed by atoms with Crippen LogP contribution < -0.4 is 37.9 Å². The lowest BCUT2D eigenvalue weighted by Crippen LogP contribution is -2.40. The van der Waals surface area contributed by atoms with E-state index in [1.165, 1.54) is 38.3 Å². The van der Waals surface area contributed by atoms with Crippen LogP contribution in [0.25, 0.3) is 57.7 Å². The van der Waals surface area contributed by atoms with E-state index in [1.807, 2.05) is 237 Å². The monoisotopic (exact) mass is 1920 g/mol. The van der Waals surface area contributed by atoms with Crippen molar-refractivity contribution in [2.45, 2.75) is 193 Å². The van der Waals surface area contributed by atoms with E-state index in [-0.39, 0.29) is 87.7 Å². The first-order valence-corrected chi connectivity index (χ1v) is 44.6. The molecule has 0 aliphatic carbocycles. The highest BCUT2D eigenvalue weighted by Crippen LogP contribution is 2.41. The zero-order valence-electron chi connectivity index (χ0n) is 79.5. The van der Waals surface area contributed by atoms with E-state index >= 15 is 0 Å². The molecule has 750 valence electrons. The SMILES string of the molecule is C.C.C.C.C.C.CCC(C)(C)C(=O)Oc1ccc(OC(=O)/C=C/c2ccc(-c3ccccc3)cc2)cc1.CCC(C)(C)C(=O)Oc1ccc(OC(=O)/C=C/c2ccccc2)cc1.CCC(C)(CC(C)(C)C(=O)Oc1ccc(OC(=O)/C=C/c2ccc(-c3ccccc3)cc2)cc1)C(=O)OC.CCC(C)(CC(C)(C)C(=O)Oc1ccc(OC(=O)/C=C/c2ccc(-c3ccccc3)cc2)cc1)C(=O)OCC(C)O. The van der Waals surface area contributed by atoms with Gasteiger partial charge in [-0.2, -0.15) is 0 Å². The molecule has 11 aromatic carbocycles. The molecular weight excluding hydrogens is 1780 g/mol. The summed E-state index contributed by atoms with van der Waals surface area (Å²) in [4.78, 5) is 123. The molecule has 141 heavy (non-hydrogen) atoms. The van der Waals surface area contributed by atoms with Gasteiger partial charge in [-0.25, -0.2) is 19.2 Å². The summed E-state index contributed by atoms with van der Waals surface area (Å²) in [5.74, 6) is -1.56. The molecule has 0 saturated carbocycles. The lowest BCUT2D eigenvalue weighted by atomic mass is 9.72. The summed E-state index contributed by atoms with van der Waals surface area (Å²) in [5.41, 5.74) is 5.52. The van der Waals surface area contributed by atoms with E-state index in [9.17, 15) is 53.1 Å². The molecule has 0 aromatic heterocycles. The molecule has 0 saturated heterocycles. The second-order valence-corrected chi connectivity index (χ2v) is 35.2. The van der Waals surface area contributed by atoms with Gasteiger partial charge >= 0.3 is 59.7 Å². The minimum absolute atomic E-state index is 0. The molecule has 0 spiro atoms. The van der Waals surface area contributed by atoms with Crippen LogP contribution in [0.2, 0.25) is 0 Å². The van der Waals surface area contributed by atoms with Crippen molar-refractivity contribution in [3.05, 3.63) is 338 Å². The zero-order chi connectivity index (χ0) is 98.4. The Morgan fingerprint density at radius 1 is 0.255 bits per heavy atom. The molecule has 11 aromatic rings.